The van der Waals surface area contributed by atoms with Crippen molar-refractivity contribution in [2.75, 3.05) is 5.33 Å². The zero-order chi connectivity index (χ0) is 12.9. The van der Waals surface area contributed by atoms with Crippen LogP contribution in [-0.4, -0.2) is 29.5 Å². The number of hydrogen-bond acceptors (Lipinski definition) is 2. The second kappa shape index (κ2) is 6.27. The highest BCUT2D eigenvalue weighted by Gasteiger charge is 2.30. The lowest BCUT2D eigenvalue weighted by Gasteiger charge is -2.30. The molecular formula is C10H16BrF2NO2. The Morgan fingerprint density at radius 2 is 1.81 bits per heavy atom. The molecule has 1 N–H and O–H groups in total. The standard InChI is InChI=1S/C10H16BrF2NO2/c1-10(2,3)7(4-6(15)5-11)14-9(16)8(12)13/h7-8H,4-5H2,1-3H3,(H,14,16). The van der Waals surface area contributed by atoms with Crippen LogP contribution in [0.4, 0.5) is 8.78 Å². The fraction of sp³-hybridized carbons (Fsp3) is 0.800. The molecule has 0 aromatic carbocycles. The molecule has 1 unspecified atom stereocenters. The van der Waals surface area contributed by atoms with E-state index in [1.165, 1.54) is 0 Å². The van der Waals surface area contributed by atoms with Crippen molar-refractivity contribution in [3.05, 3.63) is 0 Å². The van der Waals surface area contributed by atoms with Crippen molar-refractivity contribution in [2.24, 2.45) is 5.41 Å². The first-order chi connectivity index (χ1) is 7.18. The lowest BCUT2D eigenvalue weighted by atomic mass is 9.84. The van der Waals surface area contributed by atoms with Gasteiger partial charge in [-0.25, -0.2) is 0 Å². The molecule has 6 heteroatoms. The first-order valence-corrected chi connectivity index (χ1v) is 5.96. The van der Waals surface area contributed by atoms with E-state index in [0.717, 1.165) is 0 Å². The molecule has 1 atom stereocenters. The summed E-state index contributed by atoms with van der Waals surface area (Å²) in [5.41, 5.74) is -0.442. The summed E-state index contributed by atoms with van der Waals surface area (Å²) >= 11 is 2.99. The quantitative estimate of drug-likeness (QED) is 0.791. The Morgan fingerprint density at radius 3 is 2.12 bits per heavy atom. The lowest BCUT2D eigenvalue weighted by Crippen LogP contribution is -2.47. The number of Topliss-reactive ketones (excluding diaryl/α,β-unsaturated/α-hetero) is 1. The average molecular weight is 300 g/mol. The third kappa shape index (κ3) is 5.53. The largest absolute Gasteiger partial charge is 0.347 e. The molecule has 0 aromatic rings. The predicted molar refractivity (Wildman–Crippen MR) is 60.8 cm³/mol. The summed E-state index contributed by atoms with van der Waals surface area (Å²) in [5, 5.41) is 2.35. The van der Waals surface area contributed by atoms with Gasteiger partial charge >= 0.3 is 6.43 Å². The molecular weight excluding hydrogens is 284 g/mol. The van der Waals surface area contributed by atoms with Crippen LogP contribution >= 0.6 is 15.9 Å². The van der Waals surface area contributed by atoms with Crippen LogP contribution in [0.1, 0.15) is 27.2 Å². The van der Waals surface area contributed by atoms with Crippen LogP contribution in [0.2, 0.25) is 0 Å². The average Bonchev–Trinajstić information content (AvgIpc) is 2.14. The van der Waals surface area contributed by atoms with Gasteiger partial charge in [-0.2, -0.15) is 8.78 Å². The van der Waals surface area contributed by atoms with E-state index in [-0.39, 0.29) is 17.5 Å². The summed E-state index contributed by atoms with van der Waals surface area (Å²) in [4.78, 5) is 22.1. The molecule has 0 radical (unpaired) electrons. The van der Waals surface area contributed by atoms with E-state index in [1.807, 2.05) is 0 Å². The molecule has 0 spiro atoms. The Kier molecular flexibility index (Phi) is 6.07. The SMILES string of the molecule is CC(C)(C)C(CC(=O)CBr)NC(=O)C(F)F. The van der Waals surface area contributed by atoms with Crippen molar-refractivity contribution in [2.45, 2.75) is 39.7 Å². The van der Waals surface area contributed by atoms with E-state index in [0.29, 0.717) is 0 Å². The monoisotopic (exact) mass is 299 g/mol. The maximum Gasteiger partial charge on any atom is 0.315 e. The smallest absolute Gasteiger partial charge is 0.315 e. The number of nitrogens with one attached hydrogen (secondary N) is 1. The molecule has 16 heavy (non-hydrogen) atoms. The fourth-order valence-electron chi connectivity index (χ4n) is 1.09. The normalized spacial score (nSPS) is 13.7. The van der Waals surface area contributed by atoms with E-state index in [1.54, 1.807) is 20.8 Å². The molecule has 0 aliphatic carbocycles. The second-order valence-corrected chi connectivity index (χ2v) is 5.17. The predicted octanol–water partition coefficient (Wildman–Crippen LogP) is 2.14. The minimum absolute atomic E-state index is 0.0488. The summed E-state index contributed by atoms with van der Waals surface area (Å²) in [6.45, 7) is 5.35. The third-order valence-electron chi connectivity index (χ3n) is 2.14. The Hall–Kier alpha value is -0.520. The van der Waals surface area contributed by atoms with Crippen LogP contribution in [-0.2, 0) is 9.59 Å². The van der Waals surface area contributed by atoms with Crippen LogP contribution in [0.5, 0.6) is 0 Å². The molecule has 94 valence electrons. The number of amides is 1. The van der Waals surface area contributed by atoms with E-state index in [9.17, 15) is 18.4 Å². The number of carbonyl (C=O) groups is 2. The second-order valence-electron chi connectivity index (χ2n) is 4.60. The number of hydrogen-bond donors (Lipinski definition) is 1. The molecule has 0 bridgehead atoms. The van der Waals surface area contributed by atoms with Crippen LogP contribution in [0, 0.1) is 5.41 Å². The molecule has 1 amide bonds. The maximum absolute atomic E-state index is 12.1. The minimum Gasteiger partial charge on any atom is -0.347 e. The van der Waals surface area contributed by atoms with Gasteiger partial charge in [0.15, 0.2) is 0 Å². The van der Waals surface area contributed by atoms with Crippen LogP contribution in [0.3, 0.4) is 0 Å². The summed E-state index contributed by atoms with van der Waals surface area (Å²) in [5.74, 6) is -1.46. The highest BCUT2D eigenvalue weighted by atomic mass is 79.9. The number of alkyl halides is 3. The Labute approximate surface area is 102 Å². The molecule has 0 aromatic heterocycles. The molecule has 0 aliphatic heterocycles. The molecule has 3 nitrogen and oxygen atoms in total. The minimum atomic E-state index is -3.05. The summed E-state index contributed by atoms with van der Waals surface area (Å²) in [7, 11) is 0. The van der Waals surface area contributed by atoms with Gasteiger partial charge in [-0.1, -0.05) is 36.7 Å². The van der Waals surface area contributed by atoms with E-state index >= 15 is 0 Å². The molecule has 0 rings (SSSR count). The van der Waals surface area contributed by atoms with Gasteiger partial charge in [-0.3, -0.25) is 9.59 Å². The third-order valence-corrected chi connectivity index (χ3v) is 2.77. The number of rotatable bonds is 5. The van der Waals surface area contributed by atoms with Crippen LogP contribution in [0.25, 0.3) is 0 Å². The van der Waals surface area contributed by atoms with Crippen LogP contribution < -0.4 is 5.32 Å². The lowest BCUT2D eigenvalue weighted by molar-refractivity contribution is -0.133. The van der Waals surface area contributed by atoms with Crippen molar-refractivity contribution in [1.82, 2.24) is 5.32 Å². The van der Waals surface area contributed by atoms with Gasteiger partial charge in [0.25, 0.3) is 5.91 Å². The molecule has 0 fully saturated rings. The Balaban J connectivity index is 4.57. The van der Waals surface area contributed by atoms with Crippen LogP contribution in [0.15, 0.2) is 0 Å². The topological polar surface area (TPSA) is 46.2 Å². The first kappa shape index (κ1) is 15.5. The van der Waals surface area contributed by atoms with Crippen molar-refractivity contribution in [3.8, 4) is 0 Å². The Morgan fingerprint density at radius 1 is 1.31 bits per heavy atom. The van der Waals surface area contributed by atoms with Crippen molar-refractivity contribution < 1.29 is 18.4 Å². The highest BCUT2D eigenvalue weighted by molar-refractivity contribution is 9.09. The van der Waals surface area contributed by atoms with Gasteiger partial charge in [0.05, 0.1) is 5.33 Å². The molecule has 0 heterocycles. The maximum atomic E-state index is 12.1. The highest BCUT2D eigenvalue weighted by Crippen LogP contribution is 2.22. The van der Waals surface area contributed by atoms with Gasteiger partial charge in [-0.05, 0) is 5.41 Å². The van der Waals surface area contributed by atoms with E-state index in [4.69, 9.17) is 0 Å². The summed E-state index contributed by atoms with van der Waals surface area (Å²) < 4.78 is 24.2. The number of ketones is 1. The molecule has 0 saturated carbocycles. The van der Waals surface area contributed by atoms with Crippen molar-refractivity contribution >= 4 is 27.6 Å². The van der Waals surface area contributed by atoms with E-state index < -0.39 is 23.8 Å². The zero-order valence-corrected chi connectivity index (χ0v) is 11.1. The summed E-state index contributed by atoms with van der Waals surface area (Å²) in [6.07, 6.45) is -3.00. The molecule has 0 saturated heterocycles. The van der Waals surface area contributed by atoms with Crippen molar-refractivity contribution in [3.63, 3.8) is 0 Å². The van der Waals surface area contributed by atoms with Gasteiger partial charge < -0.3 is 5.32 Å². The molecule has 0 aliphatic rings. The summed E-state index contributed by atoms with van der Waals surface area (Å²) in [6, 6.07) is -0.584. The number of carbonyl (C=O) groups excluding carboxylic acids is 2. The van der Waals surface area contributed by atoms with Gasteiger partial charge in [0.1, 0.15) is 5.78 Å². The Bertz CT molecular complexity index is 264. The van der Waals surface area contributed by atoms with Gasteiger partial charge in [-0.15, -0.1) is 0 Å². The zero-order valence-electron chi connectivity index (χ0n) is 9.52. The van der Waals surface area contributed by atoms with E-state index in [2.05, 4.69) is 21.2 Å². The first-order valence-electron chi connectivity index (χ1n) is 4.84. The van der Waals surface area contributed by atoms with Gasteiger partial charge in [0.2, 0.25) is 0 Å². The number of halogens is 3. The fourth-order valence-corrected chi connectivity index (χ4v) is 1.32. The van der Waals surface area contributed by atoms with Gasteiger partial charge in [0, 0.05) is 12.5 Å². The van der Waals surface area contributed by atoms with Crippen molar-refractivity contribution in [1.29, 1.82) is 0 Å².